The summed E-state index contributed by atoms with van der Waals surface area (Å²) < 4.78 is 0. The number of aryl methyl sites for hydroxylation is 1. The van der Waals surface area contributed by atoms with Crippen molar-refractivity contribution in [1.82, 2.24) is 15.5 Å². The Bertz CT molecular complexity index is 466. The third kappa shape index (κ3) is 6.42. The molecule has 126 valence electrons. The summed E-state index contributed by atoms with van der Waals surface area (Å²) in [7, 11) is 4.34. The van der Waals surface area contributed by atoms with E-state index in [0.29, 0.717) is 6.04 Å². The number of guanidine groups is 1. The van der Waals surface area contributed by atoms with Crippen molar-refractivity contribution in [2.24, 2.45) is 10.9 Å². The van der Waals surface area contributed by atoms with Crippen LogP contribution in [0.25, 0.3) is 0 Å². The molecule has 0 spiro atoms. The van der Waals surface area contributed by atoms with E-state index in [-0.39, 0.29) is 24.0 Å². The number of aliphatic imine (C=N–C) groups is 1. The van der Waals surface area contributed by atoms with Gasteiger partial charge < -0.3 is 15.5 Å². The molecule has 1 fully saturated rings. The molecule has 0 radical (unpaired) electrons. The Hall–Kier alpha value is -0.340. The summed E-state index contributed by atoms with van der Waals surface area (Å²) in [6.45, 7) is 6.86. The number of hydrogen-bond acceptors (Lipinski definition) is 3. The number of hydrogen-bond donors (Lipinski definition) is 2. The lowest BCUT2D eigenvalue weighted by atomic mass is 10.1. The van der Waals surface area contributed by atoms with E-state index in [1.54, 1.807) is 0 Å². The molecular weight excluding hydrogens is 407 g/mol. The van der Waals surface area contributed by atoms with Crippen LogP contribution < -0.4 is 10.6 Å². The number of thiophene rings is 1. The third-order valence-electron chi connectivity index (χ3n) is 3.84. The molecule has 2 N–H and O–H groups in total. The Labute approximate surface area is 155 Å². The molecule has 1 aromatic heterocycles. The maximum absolute atomic E-state index is 4.69. The highest BCUT2D eigenvalue weighted by Crippen LogP contribution is 2.34. The zero-order chi connectivity index (χ0) is 15.2. The van der Waals surface area contributed by atoms with Crippen molar-refractivity contribution in [3.05, 3.63) is 21.9 Å². The maximum Gasteiger partial charge on any atom is 0.191 e. The lowest BCUT2D eigenvalue weighted by molar-refractivity contribution is 0.264. The van der Waals surface area contributed by atoms with Crippen LogP contribution in [-0.4, -0.2) is 44.1 Å². The van der Waals surface area contributed by atoms with Crippen molar-refractivity contribution in [2.45, 2.75) is 39.3 Å². The van der Waals surface area contributed by atoms with Crippen LogP contribution in [0.2, 0.25) is 0 Å². The molecule has 1 heterocycles. The summed E-state index contributed by atoms with van der Waals surface area (Å²) >= 11 is 1.82. The van der Waals surface area contributed by atoms with Gasteiger partial charge in [-0.2, -0.15) is 0 Å². The van der Waals surface area contributed by atoms with Crippen LogP contribution in [0.3, 0.4) is 0 Å². The van der Waals surface area contributed by atoms with Gasteiger partial charge in [-0.3, -0.25) is 0 Å². The van der Waals surface area contributed by atoms with Crippen molar-refractivity contribution in [1.29, 1.82) is 0 Å². The van der Waals surface area contributed by atoms with Crippen molar-refractivity contribution in [3.8, 4) is 0 Å². The average molecular weight is 436 g/mol. The largest absolute Gasteiger partial charge is 0.357 e. The van der Waals surface area contributed by atoms with Crippen molar-refractivity contribution in [3.63, 3.8) is 0 Å². The first-order valence-corrected chi connectivity index (χ1v) is 8.65. The zero-order valence-electron chi connectivity index (χ0n) is 14.1. The summed E-state index contributed by atoms with van der Waals surface area (Å²) in [6.07, 6.45) is 2.74. The Balaban J connectivity index is 0.00000242. The fraction of sp³-hybridized carbons (Fsp3) is 0.688. The van der Waals surface area contributed by atoms with Crippen molar-refractivity contribution in [2.75, 3.05) is 27.2 Å². The van der Waals surface area contributed by atoms with Gasteiger partial charge in [0.1, 0.15) is 0 Å². The minimum atomic E-state index is 0. The van der Waals surface area contributed by atoms with Crippen LogP contribution in [0, 0.1) is 12.8 Å². The van der Waals surface area contributed by atoms with Gasteiger partial charge in [0, 0.05) is 28.9 Å². The van der Waals surface area contributed by atoms with E-state index in [1.165, 1.54) is 22.6 Å². The Morgan fingerprint density at radius 3 is 2.59 bits per heavy atom. The lowest BCUT2D eigenvalue weighted by Gasteiger charge is -2.25. The van der Waals surface area contributed by atoms with E-state index >= 15 is 0 Å². The van der Waals surface area contributed by atoms with Gasteiger partial charge in [-0.05, 0) is 58.8 Å². The van der Waals surface area contributed by atoms with Gasteiger partial charge >= 0.3 is 0 Å². The molecule has 0 aliphatic heterocycles. The first-order chi connectivity index (χ1) is 10.1. The summed E-state index contributed by atoms with van der Waals surface area (Å²) in [5.41, 5.74) is 0. The zero-order valence-corrected chi connectivity index (χ0v) is 17.2. The van der Waals surface area contributed by atoms with Crippen LogP contribution >= 0.6 is 35.3 Å². The molecule has 4 nitrogen and oxygen atoms in total. The van der Waals surface area contributed by atoms with Gasteiger partial charge in [-0.25, -0.2) is 4.99 Å². The van der Waals surface area contributed by atoms with E-state index < -0.39 is 0 Å². The highest BCUT2D eigenvalue weighted by Gasteiger charge is 2.32. The minimum Gasteiger partial charge on any atom is -0.357 e. The second kappa shape index (κ2) is 9.72. The molecular formula is C16H29IN4S. The number of rotatable bonds is 7. The molecule has 6 heteroatoms. The van der Waals surface area contributed by atoms with Crippen LogP contribution in [0.1, 0.15) is 29.5 Å². The molecule has 1 saturated carbocycles. The summed E-state index contributed by atoms with van der Waals surface area (Å²) in [4.78, 5) is 9.69. The predicted octanol–water partition coefficient (Wildman–Crippen LogP) is 3.07. The van der Waals surface area contributed by atoms with Gasteiger partial charge in [0.05, 0.1) is 6.54 Å². The summed E-state index contributed by atoms with van der Waals surface area (Å²) in [5.74, 6) is 1.78. The molecule has 1 aliphatic carbocycles. The number of halogens is 1. The molecule has 1 unspecified atom stereocenters. The standard InChI is InChI=1S/C16H28N4S.HI/c1-5-17-16(18-10-14-9-6-12(2)21-14)19-11-15(20(3)4)13-7-8-13;/h6,9,13,15H,5,7-8,10-11H2,1-4H3,(H2,17,18,19);1H. The van der Waals surface area contributed by atoms with Crippen LogP contribution in [0.4, 0.5) is 0 Å². The second-order valence-corrected chi connectivity index (χ2v) is 7.33. The SMILES string of the molecule is CCNC(=NCc1ccc(C)s1)NCC(C1CC1)N(C)C.I. The Morgan fingerprint density at radius 2 is 2.09 bits per heavy atom. The number of likely N-dealkylation sites (N-methyl/N-ethyl adjacent to an activating group) is 1. The fourth-order valence-corrected chi connectivity index (χ4v) is 3.34. The molecule has 2 rings (SSSR count). The van der Waals surface area contributed by atoms with Gasteiger partial charge in [-0.1, -0.05) is 0 Å². The van der Waals surface area contributed by atoms with E-state index in [9.17, 15) is 0 Å². The van der Waals surface area contributed by atoms with Gasteiger partial charge in [0.15, 0.2) is 5.96 Å². The van der Waals surface area contributed by atoms with Gasteiger partial charge in [-0.15, -0.1) is 35.3 Å². The van der Waals surface area contributed by atoms with E-state index in [0.717, 1.165) is 31.5 Å². The number of nitrogens with zero attached hydrogens (tertiary/aromatic N) is 2. The molecule has 0 bridgehead atoms. The monoisotopic (exact) mass is 436 g/mol. The predicted molar refractivity (Wildman–Crippen MR) is 107 cm³/mol. The first kappa shape index (κ1) is 19.7. The summed E-state index contributed by atoms with van der Waals surface area (Å²) in [5, 5.41) is 6.84. The van der Waals surface area contributed by atoms with Gasteiger partial charge in [0.25, 0.3) is 0 Å². The molecule has 1 aromatic rings. The second-order valence-electron chi connectivity index (χ2n) is 5.96. The Kier molecular flexibility index (Phi) is 8.71. The molecule has 0 saturated heterocycles. The van der Waals surface area contributed by atoms with Crippen LogP contribution in [0.5, 0.6) is 0 Å². The first-order valence-electron chi connectivity index (χ1n) is 7.84. The van der Waals surface area contributed by atoms with Crippen molar-refractivity contribution < 1.29 is 0 Å². The average Bonchev–Trinajstić information content (AvgIpc) is 3.18. The van der Waals surface area contributed by atoms with Crippen LogP contribution in [-0.2, 0) is 6.54 Å². The normalized spacial score (nSPS) is 16.3. The molecule has 22 heavy (non-hydrogen) atoms. The molecule has 1 atom stereocenters. The fourth-order valence-electron chi connectivity index (χ4n) is 2.52. The minimum absolute atomic E-state index is 0. The molecule has 0 aromatic carbocycles. The smallest absolute Gasteiger partial charge is 0.191 e. The highest BCUT2D eigenvalue weighted by atomic mass is 127. The third-order valence-corrected chi connectivity index (χ3v) is 4.83. The van der Waals surface area contributed by atoms with Crippen molar-refractivity contribution >= 4 is 41.3 Å². The van der Waals surface area contributed by atoms with E-state index in [1.807, 2.05) is 11.3 Å². The van der Waals surface area contributed by atoms with Crippen LogP contribution in [0.15, 0.2) is 17.1 Å². The molecule has 0 amide bonds. The quantitative estimate of drug-likeness (QED) is 0.392. The lowest BCUT2D eigenvalue weighted by Crippen LogP contribution is -2.46. The van der Waals surface area contributed by atoms with Gasteiger partial charge in [0.2, 0.25) is 0 Å². The molecule has 1 aliphatic rings. The van der Waals surface area contributed by atoms with E-state index in [2.05, 4.69) is 55.6 Å². The topological polar surface area (TPSA) is 39.7 Å². The highest BCUT2D eigenvalue weighted by molar-refractivity contribution is 14.0. The maximum atomic E-state index is 4.69. The summed E-state index contributed by atoms with van der Waals surface area (Å²) in [6, 6.07) is 4.93. The van der Waals surface area contributed by atoms with E-state index in [4.69, 9.17) is 4.99 Å². The number of nitrogens with one attached hydrogen (secondary N) is 2. The Morgan fingerprint density at radius 1 is 1.36 bits per heavy atom.